The number of hydrogen-bond donors (Lipinski definition) is 1. The van der Waals surface area contributed by atoms with Gasteiger partial charge in [0.25, 0.3) is 0 Å². The number of nitrogens with zero attached hydrogens (tertiary/aromatic N) is 2. The summed E-state index contributed by atoms with van der Waals surface area (Å²) in [6.45, 7) is 4.41. The zero-order valence-corrected chi connectivity index (χ0v) is 12.3. The van der Waals surface area contributed by atoms with Crippen LogP contribution in [0.15, 0.2) is 5.16 Å². The molecule has 0 saturated heterocycles. The van der Waals surface area contributed by atoms with Gasteiger partial charge >= 0.3 is 0 Å². The van der Waals surface area contributed by atoms with Gasteiger partial charge in [-0.15, -0.1) is 11.3 Å². The zero-order valence-electron chi connectivity index (χ0n) is 10.7. The molecule has 0 unspecified atom stereocenters. The van der Waals surface area contributed by atoms with Gasteiger partial charge in [0.15, 0.2) is 5.16 Å². The topological polar surface area (TPSA) is 51.8 Å². The van der Waals surface area contributed by atoms with Crippen LogP contribution in [0.5, 0.6) is 0 Å². The van der Waals surface area contributed by atoms with Crippen molar-refractivity contribution in [3.8, 4) is 0 Å². The van der Waals surface area contributed by atoms with E-state index in [1.54, 1.807) is 23.1 Å². The van der Waals surface area contributed by atoms with E-state index >= 15 is 0 Å². The zero-order chi connectivity index (χ0) is 12.7. The quantitative estimate of drug-likeness (QED) is 0.690. The molecular weight excluding hydrogens is 262 g/mol. The van der Waals surface area contributed by atoms with Crippen molar-refractivity contribution in [1.29, 1.82) is 0 Å². The van der Waals surface area contributed by atoms with E-state index in [9.17, 15) is 0 Å². The van der Waals surface area contributed by atoms with E-state index in [1.807, 2.05) is 0 Å². The second kappa shape index (κ2) is 4.70. The third-order valence-electron chi connectivity index (χ3n) is 3.12. The molecule has 2 N–H and O–H groups in total. The normalized spacial score (nSPS) is 14.6. The molecule has 96 valence electrons. The Morgan fingerprint density at radius 3 is 2.94 bits per heavy atom. The lowest BCUT2D eigenvalue weighted by atomic mass is 10.2. The third kappa shape index (κ3) is 2.10. The van der Waals surface area contributed by atoms with E-state index in [1.165, 1.54) is 23.3 Å². The van der Waals surface area contributed by atoms with Gasteiger partial charge in [-0.1, -0.05) is 25.6 Å². The molecule has 3 rings (SSSR count). The Kier molecular flexibility index (Phi) is 3.20. The molecule has 2 heterocycles. The first-order valence-electron chi connectivity index (χ1n) is 6.35. The van der Waals surface area contributed by atoms with Gasteiger partial charge in [0, 0.05) is 10.6 Å². The van der Waals surface area contributed by atoms with E-state index in [4.69, 9.17) is 5.73 Å². The molecule has 3 nitrogen and oxygen atoms in total. The molecule has 0 aliphatic heterocycles. The van der Waals surface area contributed by atoms with E-state index in [-0.39, 0.29) is 0 Å². The summed E-state index contributed by atoms with van der Waals surface area (Å²) in [6, 6.07) is 0. The first-order chi connectivity index (χ1) is 8.65. The minimum Gasteiger partial charge on any atom is -0.383 e. The van der Waals surface area contributed by atoms with Crippen LogP contribution in [-0.4, -0.2) is 15.7 Å². The van der Waals surface area contributed by atoms with Gasteiger partial charge in [-0.25, -0.2) is 9.97 Å². The Labute approximate surface area is 115 Å². The van der Waals surface area contributed by atoms with Crippen LogP contribution in [0, 0.1) is 5.92 Å². The van der Waals surface area contributed by atoms with Crippen LogP contribution in [0.3, 0.4) is 0 Å². The Balaban J connectivity index is 2.01. The number of hydrogen-bond acceptors (Lipinski definition) is 5. The molecule has 0 radical (unpaired) electrons. The van der Waals surface area contributed by atoms with E-state index in [2.05, 4.69) is 23.8 Å². The molecule has 0 atom stereocenters. The minimum absolute atomic E-state index is 0.642. The van der Waals surface area contributed by atoms with Crippen molar-refractivity contribution in [3.63, 3.8) is 0 Å². The predicted octanol–water partition coefficient (Wildman–Crippen LogP) is 3.51. The average molecular weight is 279 g/mol. The molecule has 18 heavy (non-hydrogen) atoms. The number of nitrogen functional groups attached to an aromatic ring is 1. The van der Waals surface area contributed by atoms with Crippen LogP contribution in [-0.2, 0) is 12.8 Å². The number of aryl methyl sites for hydroxylation is 2. The number of rotatable bonds is 3. The lowest BCUT2D eigenvalue weighted by Crippen LogP contribution is -1.98. The van der Waals surface area contributed by atoms with Gasteiger partial charge in [0.1, 0.15) is 10.6 Å². The average Bonchev–Trinajstić information content (AvgIpc) is 2.85. The number of nitrogens with two attached hydrogens (primary N) is 1. The van der Waals surface area contributed by atoms with Gasteiger partial charge in [-0.3, -0.25) is 0 Å². The second-order valence-electron chi connectivity index (χ2n) is 5.13. The number of thioether (sulfide) groups is 1. The summed E-state index contributed by atoms with van der Waals surface area (Å²) in [5, 5.41) is 1.95. The van der Waals surface area contributed by atoms with Crippen LogP contribution < -0.4 is 5.73 Å². The first kappa shape index (κ1) is 12.2. The highest BCUT2D eigenvalue weighted by Crippen LogP contribution is 2.39. The lowest BCUT2D eigenvalue weighted by molar-refractivity contribution is 0.748. The summed E-state index contributed by atoms with van der Waals surface area (Å²) in [5.41, 5.74) is 7.53. The first-order valence-corrected chi connectivity index (χ1v) is 8.16. The smallest absolute Gasteiger partial charge is 0.190 e. The molecule has 1 aliphatic carbocycles. The highest BCUT2D eigenvalue weighted by Gasteiger charge is 2.21. The SMILES string of the molecule is CC(C)CSc1nc(N)c2c3c(sc2n1)CCC3. The number of anilines is 1. The summed E-state index contributed by atoms with van der Waals surface area (Å²) in [7, 11) is 0. The standard InChI is InChI=1S/C13H17N3S2/c1-7(2)6-17-13-15-11(14)10-8-4-3-5-9(8)18-12(10)16-13/h7H,3-6H2,1-2H3,(H2,14,15,16). The van der Waals surface area contributed by atoms with E-state index in [0.29, 0.717) is 11.7 Å². The molecule has 2 aromatic rings. The highest BCUT2D eigenvalue weighted by atomic mass is 32.2. The Bertz CT molecular complexity index is 589. The number of thiophene rings is 1. The summed E-state index contributed by atoms with van der Waals surface area (Å²) < 4.78 is 0. The van der Waals surface area contributed by atoms with E-state index < -0.39 is 0 Å². The summed E-state index contributed by atoms with van der Waals surface area (Å²) in [6.07, 6.45) is 3.58. The van der Waals surface area contributed by atoms with Crippen molar-refractivity contribution < 1.29 is 0 Å². The maximum Gasteiger partial charge on any atom is 0.190 e. The molecule has 0 spiro atoms. The monoisotopic (exact) mass is 279 g/mol. The van der Waals surface area contributed by atoms with Crippen molar-refractivity contribution in [1.82, 2.24) is 9.97 Å². The molecular formula is C13H17N3S2. The molecule has 0 bridgehead atoms. The highest BCUT2D eigenvalue weighted by molar-refractivity contribution is 7.99. The van der Waals surface area contributed by atoms with Crippen LogP contribution in [0.25, 0.3) is 10.2 Å². The van der Waals surface area contributed by atoms with E-state index in [0.717, 1.165) is 27.5 Å². The van der Waals surface area contributed by atoms with Crippen LogP contribution in [0.1, 0.15) is 30.7 Å². The fraction of sp³-hybridized carbons (Fsp3) is 0.538. The molecule has 5 heteroatoms. The van der Waals surface area contributed by atoms with Gasteiger partial charge in [0.05, 0.1) is 5.39 Å². The molecule has 0 amide bonds. The number of fused-ring (bicyclic) bond motifs is 3. The Morgan fingerprint density at radius 1 is 1.33 bits per heavy atom. The largest absolute Gasteiger partial charge is 0.383 e. The Morgan fingerprint density at radius 2 is 2.17 bits per heavy atom. The number of aromatic nitrogens is 2. The van der Waals surface area contributed by atoms with Crippen molar-refractivity contribution in [2.24, 2.45) is 5.92 Å². The van der Waals surface area contributed by atoms with Crippen molar-refractivity contribution in [2.45, 2.75) is 38.3 Å². The molecule has 2 aromatic heterocycles. The fourth-order valence-electron chi connectivity index (χ4n) is 2.31. The predicted molar refractivity (Wildman–Crippen MR) is 79.4 cm³/mol. The maximum absolute atomic E-state index is 6.12. The molecule has 0 aromatic carbocycles. The van der Waals surface area contributed by atoms with Gasteiger partial charge in [-0.2, -0.15) is 0 Å². The maximum atomic E-state index is 6.12. The van der Waals surface area contributed by atoms with Crippen LogP contribution in [0.4, 0.5) is 5.82 Å². The van der Waals surface area contributed by atoms with Gasteiger partial charge in [0.2, 0.25) is 0 Å². The third-order valence-corrected chi connectivity index (χ3v) is 5.58. The molecule has 0 fully saturated rings. The molecule has 0 saturated carbocycles. The van der Waals surface area contributed by atoms with Crippen LogP contribution >= 0.6 is 23.1 Å². The second-order valence-corrected chi connectivity index (χ2v) is 7.20. The lowest BCUT2D eigenvalue weighted by Gasteiger charge is -2.05. The summed E-state index contributed by atoms with van der Waals surface area (Å²) >= 11 is 3.51. The van der Waals surface area contributed by atoms with Gasteiger partial charge in [-0.05, 0) is 30.7 Å². The fourth-order valence-corrected chi connectivity index (χ4v) is 4.44. The summed E-state index contributed by atoms with van der Waals surface area (Å²) in [4.78, 5) is 11.7. The van der Waals surface area contributed by atoms with Crippen molar-refractivity contribution in [3.05, 3.63) is 10.4 Å². The van der Waals surface area contributed by atoms with Gasteiger partial charge < -0.3 is 5.73 Å². The van der Waals surface area contributed by atoms with Crippen molar-refractivity contribution in [2.75, 3.05) is 11.5 Å². The Hall–Kier alpha value is -0.810. The minimum atomic E-state index is 0.642. The molecule has 1 aliphatic rings. The van der Waals surface area contributed by atoms with Crippen LogP contribution in [0.2, 0.25) is 0 Å². The van der Waals surface area contributed by atoms with Crippen molar-refractivity contribution >= 4 is 39.1 Å². The summed E-state index contributed by atoms with van der Waals surface area (Å²) in [5.74, 6) is 2.35.